The minimum Gasteiger partial charge on any atom is -0.379 e. The minimum atomic E-state index is -0.168. The van der Waals surface area contributed by atoms with Crippen LogP contribution in [0.4, 0.5) is 5.69 Å². The fourth-order valence-electron chi connectivity index (χ4n) is 3.75. The van der Waals surface area contributed by atoms with Gasteiger partial charge in [-0.1, -0.05) is 42.3 Å². The second-order valence-corrected chi connectivity index (χ2v) is 7.77. The van der Waals surface area contributed by atoms with Gasteiger partial charge in [-0.3, -0.25) is 9.89 Å². The molecule has 1 fully saturated rings. The van der Waals surface area contributed by atoms with Crippen molar-refractivity contribution in [3.05, 3.63) is 81.8 Å². The lowest BCUT2D eigenvalue weighted by atomic mass is 9.80. The van der Waals surface area contributed by atoms with Crippen LogP contribution in [-0.2, 0) is 6.54 Å². The summed E-state index contributed by atoms with van der Waals surface area (Å²) >= 11 is 0. The summed E-state index contributed by atoms with van der Waals surface area (Å²) in [6.07, 6.45) is 3.94. The molecule has 0 saturated heterocycles. The van der Waals surface area contributed by atoms with Gasteiger partial charge in [0.25, 0.3) is 11.3 Å². The van der Waals surface area contributed by atoms with Gasteiger partial charge in [-0.2, -0.15) is 9.50 Å². The van der Waals surface area contributed by atoms with Crippen LogP contribution in [0.15, 0.2) is 59.4 Å². The summed E-state index contributed by atoms with van der Waals surface area (Å²) in [5.41, 5.74) is 5.01. The highest BCUT2D eigenvalue weighted by Crippen LogP contribution is 2.36. The predicted octanol–water partition coefficient (Wildman–Crippen LogP) is 4.27. The van der Waals surface area contributed by atoms with Crippen molar-refractivity contribution in [2.24, 2.45) is 0 Å². The predicted molar refractivity (Wildman–Crippen MR) is 114 cm³/mol. The van der Waals surface area contributed by atoms with Crippen molar-refractivity contribution in [3.63, 3.8) is 0 Å². The third kappa shape index (κ3) is 3.53. The number of nitrogens with one attached hydrogen (secondary N) is 2. The largest absolute Gasteiger partial charge is 0.379 e. The minimum absolute atomic E-state index is 0.168. The first-order valence-corrected chi connectivity index (χ1v) is 10.1. The van der Waals surface area contributed by atoms with Crippen LogP contribution in [0.25, 0.3) is 17.2 Å². The molecule has 2 aromatic carbocycles. The molecule has 2 aromatic heterocycles. The van der Waals surface area contributed by atoms with Crippen molar-refractivity contribution in [1.82, 2.24) is 19.6 Å². The summed E-state index contributed by atoms with van der Waals surface area (Å²) in [4.78, 5) is 21.6. The van der Waals surface area contributed by atoms with Crippen molar-refractivity contribution in [1.29, 1.82) is 0 Å². The summed E-state index contributed by atoms with van der Waals surface area (Å²) in [6.45, 7) is 2.50. The molecule has 1 aliphatic carbocycles. The average Bonchev–Trinajstić information content (AvgIpc) is 3.11. The number of hydrogen-bond donors (Lipinski definition) is 2. The van der Waals surface area contributed by atoms with E-state index in [4.69, 9.17) is 0 Å². The smallest absolute Gasteiger partial charge is 0.274 e. The second-order valence-electron chi connectivity index (χ2n) is 7.77. The molecule has 0 aliphatic heterocycles. The van der Waals surface area contributed by atoms with E-state index >= 15 is 0 Å². The van der Waals surface area contributed by atoms with Crippen molar-refractivity contribution >= 4 is 11.5 Å². The summed E-state index contributed by atoms with van der Waals surface area (Å²) in [6, 6.07) is 18.1. The molecule has 29 heavy (non-hydrogen) atoms. The van der Waals surface area contributed by atoms with Crippen LogP contribution in [0.3, 0.4) is 0 Å². The standard InChI is InChI=1S/C23H23N5O/c1-15-4-2-7-18(12-15)22-26-23-25-20(13-21(29)28(23)27-22)14-24-19-10-8-17(9-11-19)16-5-3-6-16/h2,4,7-13,16,24H,3,5-6,14H2,1H3,(H,25,26,27). The molecule has 0 radical (unpaired) electrons. The zero-order valence-corrected chi connectivity index (χ0v) is 16.4. The van der Waals surface area contributed by atoms with Crippen LogP contribution in [0.5, 0.6) is 0 Å². The Hall–Kier alpha value is -3.41. The topological polar surface area (TPSA) is 75.1 Å². The highest BCUT2D eigenvalue weighted by Gasteiger charge is 2.18. The normalized spacial score (nSPS) is 14.1. The Morgan fingerprint density at radius 3 is 2.66 bits per heavy atom. The van der Waals surface area contributed by atoms with E-state index in [1.807, 2.05) is 31.2 Å². The second kappa shape index (κ2) is 7.20. The van der Waals surface area contributed by atoms with Crippen molar-refractivity contribution < 1.29 is 0 Å². The quantitative estimate of drug-likeness (QED) is 0.538. The first-order chi connectivity index (χ1) is 14.2. The number of hydrogen-bond acceptors (Lipinski definition) is 4. The Labute approximate surface area is 168 Å². The summed E-state index contributed by atoms with van der Waals surface area (Å²) in [5, 5.41) is 6.40. The highest BCUT2D eigenvalue weighted by atomic mass is 16.1. The zero-order valence-electron chi connectivity index (χ0n) is 16.4. The van der Waals surface area contributed by atoms with Crippen molar-refractivity contribution in [2.45, 2.75) is 38.6 Å². The Kier molecular flexibility index (Phi) is 4.39. The van der Waals surface area contributed by atoms with Gasteiger partial charge in [0.05, 0.1) is 12.2 Å². The molecule has 6 heteroatoms. The molecule has 4 aromatic rings. The highest BCUT2D eigenvalue weighted by molar-refractivity contribution is 5.57. The van der Waals surface area contributed by atoms with Gasteiger partial charge in [-0.25, -0.2) is 4.98 Å². The molecule has 2 N–H and O–H groups in total. The van der Waals surface area contributed by atoms with Gasteiger partial charge in [0.2, 0.25) is 0 Å². The number of aryl methyl sites for hydroxylation is 1. The van der Waals surface area contributed by atoms with Gasteiger partial charge in [0, 0.05) is 17.3 Å². The zero-order chi connectivity index (χ0) is 19.8. The van der Waals surface area contributed by atoms with E-state index in [0.717, 1.165) is 22.7 Å². The molecule has 0 amide bonds. The van der Waals surface area contributed by atoms with Crippen LogP contribution in [0, 0.1) is 6.92 Å². The molecule has 146 valence electrons. The number of benzene rings is 2. The van der Waals surface area contributed by atoms with Gasteiger partial charge < -0.3 is 5.32 Å². The van der Waals surface area contributed by atoms with Gasteiger partial charge in [0.1, 0.15) is 0 Å². The molecule has 5 rings (SSSR count). The molecule has 0 spiro atoms. The van der Waals surface area contributed by atoms with Gasteiger partial charge >= 0.3 is 0 Å². The Morgan fingerprint density at radius 1 is 1.10 bits per heavy atom. The van der Waals surface area contributed by atoms with E-state index < -0.39 is 0 Å². The SMILES string of the molecule is Cc1cccc(-c2nc3nc(CNc4ccc(C5CCC5)cc4)cc(=O)n3[nH]2)c1. The summed E-state index contributed by atoms with van der Waals surface area (Å²) in [7, 11) is 0. The monoisotopic (exact) mass is 385 g/mol. The van der Waals surface area contributed by atoms with Gasteiger partial charge in [0.15, 0.2) is 5.82 Å². The lowest BCUT2D eigenvalue weighted by molar-refractivity contribution is 0.420. The maximum Gasteiger partial charge on any atom is 0.274 e. The molecule has 0 bridgehead atoms. The number of fused-ring (bicyclic) bond motifs is 1. The maximum absolute atomic E-state index is 12.5. The summed E-state index contributed by atoms with van der Waals surface area (Å²) in [5.74, 6) is 1.75. The van der Waals surface area contributed by atoms with Crippen LogP contribution in [0.2, 0.25) is 0 Å². The van der Waals surface area contributed by atoms with Crippen LogP contribution >= 0.6 is 0 Å². The molecular weight excluding hydrogens is 362 g/mol. The molecule has 1 aliphatic rings. The number of rotatable bonds is 5. The van der Waals surface area contributed by atoms with E-state index in [2.05, 4.69) is 44.6 Å². The molecule has 0 unspecified atom stereocenters. The van der Waals surface area contributed by atoms with Gasteiger partial charge in [-0.15, -0.1) is 0 Å². The molecule has 0 atom stereocenters. The Morgan fingerprint density at radius 2 is 1.93 bits per heavy atom. The fourth-order valence-corrected chi connectivity index (χ4v) is 3.75. The van der Waals surface area contributed by atoms with Crippen molar-refractivity contribution in [2.75, 3.05) is 5.32 Å². The lowest BCUT2D eigenvalue weighted by Gasteiger charge is -2.25. The maximum atomic E-state index is 12.5. The van der Waals surface area contributed by atoms with Crippen LogP contribution in [-0.4, -0.2) is 19.6 Å². The van der Waals surface area contributed by atoms with Crippen LogP contribution in [0.1, 0.15) is 42.0 Å². The molecule has 1 saturated carbocycles. The average molecular weight is 385 g/mol. The Balaban J connectivity index is 1.35. The van der Waals surface area contributed by atoms with E-state index in [0.29, 0.717) is 23.8 Å². The first kappa shape index (κ1) is 17.7. The number of nitrogens with zero attached hydrogens (tertiary/aromatic N) is 3. The number of H-pyrrole nitrogens is 1. The Bertz CT molecular complexity index is 1220. The number of aromatic amines is 1. The molecule has 2 heterocycles. The third-order valence-electron chi connectivity index (χ3n) is 5.64. The lowest BCUT2D eigenvalue weighted by Crippen LogP contribution is -2.17. The van der Waals surface area contributed by atoms with E-state index in [-0.39, 0.29) is 5.56 Å². The van der Waals surface area contributed by atoms with Crippen LogP contribution < -0.4 is 10.9 Å². The van der Waals surface area contributed by atoms with Gasteiger partial charge in [-0.05, 0) is 49.4 Å². The first-order valence-electron chi connectivity index (χ1n) is 10.1. The van der Waals surface area contributed by atoms with E-state index in [1.165, 1.54) is 29.3 Å². The van der Waals surface area contributed by atoms with E-state index in [1.54, 1.807) is 6.07 Å². The number of aromatic nitrogens is 4. The summed E-state index contributed by atoms with van der Waals surface area (Å²) < 4.78 is 1.38. The fraction of sp³-hybridized carbons (Fsp3) is 0.261. The van der Waals surface area contributed by atoms with E-state index in [9.17, 15) is 4.79 Å². The molecular formula is C23H23N5O. The van der Waals surface area contributed by atoms with Crippen molar-refractivity contribution in [3.8, 4) is 11.4 Å². The number of anilines is 1. The molecule has 6 nitrogen and oxygen atoms in total. The third-order valence-corrected chi connectivity index (χ3v) is 5.64.